The number of ether oxygens (including phenoxy) is 3. The van der Waals surface area contributed by atoms with Gasteiger partial charge in [-0.05, 0) is 57.8 Å². The summed E-state index contributed by atoms with van der Waals surface area (Å²) in [4.78, 5) is 37.7. The fourth-order valence-electron chi connectivity index (χ4n) is 6.90. The zero-order chi connectivity index (χ0) is 42.3. The van der Waals surface area contributed by atoms with Crippen LogP contribution in [0.1, 0.15) is 245 Å². The second-order valence-electron chi connectivity index (χ2n) is 16.4. The average Bonchev–Trinajstić information content (AvgIpc) is 3.22. The first-order valence-corrected chi connectivity index (χ1v) is 24.6. The van der Waals surface area contributed by atoms with Crippen molar-refractivity contribution in [2.75, 3.05) is 13.2 Å². The van der Waals surface area contributed by atoms with E-state index >= 15 is 0 Å². The molecule has 0 aromatic rings. The molecule has 0 fully saturated rings. The summed E-state index contributed by atoms with van der Waals surface area (Å²) in [7, 11) is 0. The summed E-state index contributed by atoms with van der Waals surface area (Å²) < 4.78 is 16.7. The summed E-state index contributed by atoms with van der Waals surface area (Å²) in [5, 5.41) is 0. The Morgan fingerprint density at radius 2 is 0.672 bits per heavy atom. The van der Waals surface area contributed by atoms with E-state index in [4.69, 9.17) is 14.2 Å². The molecule has 0 aliphatic heterocycles. The fraction of sp³-hybridized carbons (Fsp3) is 0.788. The average molecular weight is 813 g/mol. The Hall–Kier alpha value is -2.63. The molecule has 0 bridgehead atoms. The molecular formula is C52H92O6. The van der Waals surface area contributed by atoms with Gasteiger partial charge < -0.3 is 14.2 Å². The van der Waals surface area contributed by atoms with E-state index in [-0.39, 0.29) is 31.1 Å². The normalized spacial score (nSPS) is 12.4. The van der Waals surface area contributed by atoms with Crippen LogP contribution in [-0.2, 0) is 28.6 Å². The minimum atomic E-state index is -0.769. The van der Waals surface area contributed by atoms with Crippen molar-refractivity contribution in [3.63, 3.8) is 0 Å². The number of hydrogen-bond donors (Lipinski definition) is 0. The molecule has 6 nitrogen and oxygen atoms in total. The summed E-state index contributed by atoms with van der Waals surface area (Å²) >= 11 is 0. The lowest BCUT2D eigenvalue weighted by Gasteiger charge is -2.18. The third-order valence-electron chi connectivity index (χ3n) is 10.6. The van der Waals surface area contributed by atoms with Gasteiger partial charge in [0.15, 0.2) is 6.10 Å². The van der Waals surface area contributed by atoms with Crippen LogP contribution < -0.4 is 0 Å². The minimum absolute atomic E-state index is 0.0737. The molecule has 336 valence electrons. The number of esters is 3. The first-order valence-electron chi connectivity index (χ1n) is 24.6. The van der Waals surface area contributed by atoms with Crippen molar-refractivity contribution in [3.05, 3.63) is 48.6 Å². The molecule has 0 spiro atoms. The fourth-order valence-corrected chi connectivity index (χ4v) is 6.90. The first-order chi connectivity index (χ1) is 28.5. The van der Waals surface area contributed by atoms with Crippen molar-refractivity contribution < 1.29 is 28.6 Å². The second-order valence-corrected chi connectivity index (χ2v) is 16.4. The third kappa shape index (κ3) is 44.5. The molecule has 0 aliphatic carbocycles. The highest BCUT2D eigenvalue weighted by molar-refractivity contribution is 5.71. The Bertz CT molecular complexity index is 1030. The Balaban J connectivity index is 4.19. The van der Waals surface area contributed by atoms with Gasteiger partial charge in [-0.25, -0.2) is 0 Å². The predicted molar refractivity (Wildman–Crippen MR) is 247 cm³/mol. The lowest BCUT2D eigenvalue weighted by atomic mass is 10.0. The van der Waals surface area contributed by atoms with Crippen LogP contribution in [0.2, 0.25) is 0 Å². The summed E-state index contributed by atoms with van der Waals surface area (Å²) in [6.07, 6.45) is 55.4. The largest absolute Gasteiger partial charge is 0.462 e. The topological polar surface area (TPSA) is 78.9 Å². The Labute approximate surface area is 358 Å². The van der Waals surface area contributed by atoms with Gasteiger partial charge >= 0.3 is 17.9 Å². The standard InChI is InChI=1S/C52H92O6/c1-4-7-10-13-16-18-20-22-23-24-25-26-27-28-29-31-32-34-36-39-42-45-51(54)57-48-49(47-56-50(53)44-41-38-15-12-9-6-3)58-52(55)46-43-40-37-35-33-30-21-19-17-14-11-8-5-2/h7,10,16,18,22-23,25-26,49H,4-6,8-9,11-15,17,19-21,24,27-48H2,1-3H3/b10-7-,18-16-,23-22-,26-25-. The molecule has 1 atom stereocenters. The van der Waals surface area contributed by atoms with E-state index in [0.29, 0.717) is 19.3 Å². The molecule has 0 heterocycles. The van der Waals surface area contributed by atoms with Gasteiger partial charge in [0, 0.05) is 19.3 Å². The Morgan fingerprint density at radius 1 is 0.362 bits per heavy atom. The number of rotatable bonds is 44. The van der Waals surface area contributed by atoms with Gasteiger partial charge in [0.1, 0.15) is 13.2 Å². The summed E-state index contributed by atoms with van der Waals surface area (Å²) in [5.74, 6) is -0.886. The number of hydrogen-bond acceptors (Lipinski definition) is 6. The SMILES string of the molecule is CC/C=C\C/C=C\C/C=C\C/C=C\CCCCCCCCCCC(=O)OCC(COC(=O)CCCCCCCC)OC(=O)CCCCCCCCCCCCCCC. The van der Waals surface area contributed by atoms with Crippen LogP contribution in [0, 0.1) is 0 Å². The molecule has 0 amide bonds. The predicted octanol–water partition coefficient (Wildman–Crippen LogP) is 15.9. The van der Waals surface area contributed by atoms with Crippen LogP contribution in [0.25, 0.3) is 0 Å². The quantitative estimate of drug-likeness (QED) is 0.0264. The first kappa shape index (κ1) is 55.4. The Kier molecular flexibility index (Phi) is 44.9. The number of allylic oxidation sites excluding steroid dienone is 8. The van der Waals surface area contributed by atoms with Crippen molar-refractivity contribution in [1.82, 2.24) is 0 Å². The van der Waals surface area contributed by atoms with Gasteiger partial charge in [-0.15, -0.1) is 0 Å². The summed E-state index contributed by atoms with van der Waals surface area (Å²) in [5.41, 5.74) is 0. The molecule has 58 heavy (non-hydrogen) atoms. The number of carbonyl (C=O) groups excluding carboxylic acids is 3. The molecule has 0 N–H and O–H groups in total. The zero-order valence-corrected chi connectivity index (χ0v) is 38.3. The maximum atomic E-state index is 12.7. The van der Waals surface area contributed by atoms with Crippen LogP contribution in [-0.4, -0.2) is 37.2 Å². The van der Waals surface area contributed by atoms with E-state index in [1.807, 2.05) is 0 Å². The molecular weight excluding hydrogens is 721 g/mol. The summed E-state index contributed by atoms with van der Waals surface area (Å²) in [6, 6.07) is 0. The lowest BCUT2D eigenvalue weighted by Crippen LogP contribution is -2.30. The molecule has 0 saturated heterocycles. The van der Waals surface area contributed by atoms with Crippen molar-refractivity contribution in [3.8, 4) is 0 Å². The van der Waals surface area contributed by atoms with Gasteiger partial charge in [-0.2, -0.15) is 0 Å². The highest BCUT2D eigenvalue weighted by Crippen LogP contribution is 2.15. The van der Waals surface area contributed by atoms with Gasteiger partial charge in [0.05, 0.1) is 0 Å². The van der Waals surface area contributed by atoms with E-state index in [1.54, 1.807) is 0 Å². The van der Waals surface area contributed by atoms with Crippen LogP contribution in [0.3, 0.4) is 0 Å². The lowest BCUT2D eigenvalue weighted by molar-refractivity contribution is -0.167. The number of unbranched alkanes of at least 4 members (excludes halogenated alkanes) is 25. The highest BCUT2D eigenvalue weighted by Gasteiger charge is 2.19. The maximum Gasteiger partial charge on any atom is 0.306 e. The van der Waals surface area contributed by atoms with Crippen LogP contribution in [0.5, 0.6) is 0 Å². The number of carbonyl (C=O) groups is 3. The smallest absolute Gasteiger partial charge is 0.306 e. The van der Waals surface area contributed by atoms with Gasteiger partial charge in [0.25, 0.3) is 0 Å². The third-order valence-corrected chi connectivity index (χ3v) is 10.6. The monoisotopic (exact) mass is 813 g/mol. The van der Waals surface area contributed by atoms with E-state index in [2.05, 4.69) is 69.4 Å². The highest BCUT2D eigenvalue weighted by atomic mass is 16.6. The molecule has 0 aliphatic rings. The van der Waals surface area contributed by atoms with Gasteiger partial charge in [0.2, 0.25) is 0 Å². The second kappa shape index (κ2) is 47.1. The van der Waals surface area contributed by atoms with E-state index in [9.17, 15) is 14.4 Å². The summed E-state index contributed by atoms with van der Waals surface area (Å²) in [6.45, 7) is 6.46. The van der Waals surface area contributed by atoms with Crippen molar-refractivity contribution >= 4 is 17.9 Å². The van der Waals surface area contributed by atoms with Crippen molar-refractivity contribution in [2.24, 2.45) is 0 Å². The van der Waals surface area contributed by atoms with E-state index in [1.165, 1.54) is 116 Å². The van der Waals surface area contributed by atoms with Crippen LogP contribution in [0.4, 0.5) is 0 Å². The molecule has 0 rings (SSSR count). The van der Waals surface area contributed by atoms with Crippen LogP contribution >= 0.6 is 0 Å². The molecule has 0 radical (unpaired) electrons. The van der Waals surface area contributed by atoms with Crippen molar-refractivity contribution in [1.29, 1.82) is 0 Å². The molecule has 0 aromatic heterocycles. The molecule has 0 aromatic carbocycles. The zero-order valence-electron chi connectivity index (χ0n) is 38.3. The Morgan fingerprint density at radius 3 is 1.05 bits per heavy atom. The molecule has 0 saturated carbocycles. The van der Waals surface area contributed by atoms with Crippen molar-refractivity contribution in [2.45, 2.75) is 252 Å². The molecule has 1 unspecified atom stereocenters. The minimum Gasteiger partial charge on any atom is -0.462 e. The van der Waals surface area contributed by atoms with E-state index < -0.39 is 6.10 Å². The van der Waals surface area contributed by atoms with Gasteiger partial charge in [-0.3, -0.25) is 14.4 Å². The van der Waals surface area contributed by atoms with Crippen LogP contribution in [0.15, 0.2) is 48.6 Å². The van der Waals surface area contributed by atoms with E-state index in [0.717, 1.165) is 89.9 Å². The maximum absolute atomic E-state index is 12.7. The molecule has 6 heteroatoms. The van der Waals surface area contributed by atoms with Gasteiger partial charge in [-0.1, -0.05) is 217 Å².